The van der Waals surface area contributed by atoms with Crippen molar-refractivity contribution in [3.63, 3.8) is 0 Å². The molecule has 0 spiro atoms. The number of nitrogens with zero attached hydrogens (tertiary/aromatic N) is 1. The molecule has 1 heterocycles. The van der Waals surface area contributed by atoms with Crippen LogP contribution in [0.1, 0.15) is 44.0 Å². The first-order valence-corrected chi connectivity index (χ1v) is 6.53. The molecule has 1 aromatic heterocycles. The van der Waals surface area contributed by atoms with Crippen LogP contribution < -0.4 is 0 Å². The molecule has 0 aromatic carbocycles. The van der Waals surface area contributed by atoms with Gasteiger partial charge in [0, 0.05) is 17.5 Å². The Bertz CT molecular complexity index is 372. The largest absolute Gasteiger partial charge is 0.481 e. The summed E-state index contributed by atoms with van der Waals surface area (Å²) in [5.74, 6) is -0.608. The van der Waals surface area contributed by atoms with Gasteiger partial charge in [0.25, 0.3) is 0 Å². The average Bonchev–Trinajstić information content (AvgIpc) is 2.68. The number of carboxylic acid groups (broad SMARTS) is 1. The molecule has 1 aliphatic carbocycles. The number of aliphatic carboxylic acids is 1. The number of rotatable bonds is 2. The van der Waals surface area contributed by atoms with Gasteiger partial charge in [-0.15, -0.1) is 11.3 Å². The van der Waals surface area contributed by atoms with Gasteiger partial charge in [0.05, 0.1) is 10.9 Å². The molecule has 1 aromatic rings. The Morgan fingerprint density at radius 2 is 2.31 bits per heavy atom. The highest BCUT2D eigenvalue weighted by Gasteiger charge is 2.45. The van der Waals surface area contributed by atoms with Crippen molar-refractivity contribution in [2.45, 2.75) is 39.0 Å². The number of hydrogen-bond donors (Lipinski definition) is 1. The fraction of sp³-hybridized carbons (Fsp3) is 0.667. The van der Waals surface area contributed by atoms with Gasteiger partial charge in [0.1, 0.15) is 0 Å². The predicted molar refractivity (Wildman–Crippen MR) is 63.6 cm³/mol. The molecule has 0 radical (unpaired) electrons. The van der Waals surface area contributed by atoms with E-state index in [1.54, 1.807) is 17.5 Å². The first-order chi connectivity index (χ1) is 7.53. The SMILES string of the molecule is CC1(C)C(C(=O)O)CCCC1c1nccs1. The minimum absolute atomic E-state index is 0.193. The normalized spacial score (nSPS) is 28.9. The standard InChI is InChI=1S/C12H17NO2S/c1-12(2)8(10-13-6-7-16-10)4-3-5-9(12)11(14)15/h6-9H,3-5H2,1-2H3,(H,14,15). The third-order valence-electron chi connectivity index (χ3n) is 3.83. The van der Waals surface area contributed by atoms with E-state index in [1.807, 2.05) is 5.38 Å². The molecule has 3 nitrogen and oxygen atoms in total. The van der Waals surface area contributed by atoms with Crippen LogP contribution in [0.4, 0.5) is 0 Å². The molecule has 1 fully saturated rings. The summed E-state index contributed by atoms with van der Waals surface area (Å²) in [4.78, 5) is 15.6. The number of carbonyl (C=O) groups is 1. The highest BCUT2D eigenvalue weighted by atomic mass is 32.1. The van der Waals surface area contributed by atoms with E-state index in [9.17, 15) is 9.90 Å². The lowest BCUT2D eigenvalue weighted by Crippen LogP contribution is -2.39. The van der Waals surface area contributed by atoms with Gasteiger partial charge < -0.3 is 5.11 Å². The fourth-order valence-corrected chi connectivity index (χ4v) is 3.77. The molecule has 0 aliphatic heterocycles. The molecule has 0 saturated heterocycles. The zero-order valence-corrected chi connectivity index (χ0v) is 10.5. The van der Waals surface area contributed by atoms with Crippen molar-refractivity contribution in [2.24, 2.45) is 11.3 Å². The molecule has 2 rings (SSSR count). The van der Waals surface area contributed by atoms with Gasteiger partial charge in [-0.2, -0.15) is 0 Å². The van der Waals surface area contributed by atoms with Crippen LogP contribution in [0.25, 0.3) is 0 Å². The van der Waals surface area contributed by atoms with E-state index in [2.05, 4.69) is 18.8 Å². The van der Waals surface area contributed by atoms with E-state index in [4.69, 9.17) is 0 Å². The Morgan fingerprint density at radius 1 is 1.56 bits per heavy atom. The monoisotopic (exact) mass is 239 g/mol. The van der Waals surface area contributed by atoms with Crippen molar-refractivity contribution >= 4 is 17.3 Å². The third kappa shape index (κ3) is 1.86. The van der Waals surface area contributed by atoms with E-state index in [0.717, 1.165) is 24.3 Å². The zero-order chi connectivity index (χ0) is 11.8. The Hall–Kier alpha value is -0.900. The van der Waals surface area contributed by atoms with Crippen molar-refractivity contribution in [1.29, 1.82) is 0 Å². The summed E-state index contributed by atoms with van der Waals surface area (Å²) in [6.45, 7) is 4.13. The van der Waals surface area contributed by atoms with Gasteiger partial charge in [-0.1, -0.05) is 20.3 Å². The molecule has 1 N–H and O–H groups in total. The Kier molecular flexibility index (Phi) is 3.02. The topological polar surface area (TPSA) is 50.2 Å². The second kappa shape index (κ2) is 4.17. The average molecular weight is 239 g/mol. The maximum atomic E-state index is 11.3. The lowest BCUT2D eigenvalue weighted by Gasteiger charge is -2.42. The van der Waals surface area contributed by atoms with Gasteiger partial charge in [-0.3, -0.25) is 4.79 Å². The Labute approximate surface area is 99.5 Å². The minimum Gasteiger partial charge on any atom is -0.481 e. The van der Waals surface area contributed by atoms with Crippen molar-refractivity contribution in [3.05, 3.63) is 16.6 Å². The summed E-state index contributed by atoms with van der Waals surface area (Å²) >= 11 is 1.64. The molecule has 2 atom stereocenters. The number of aromatic nitrogens is 1. The number of hydrogen-bond acceptors (Lipinski definition) is 3. The van der Waals surface area contributed by atoms with Gasteiger partial charge in [-0.25, -0.2) is 4.98 Å². The highest BCUT2D eigenvalue weighted by Crippen LogP contribution is 2.50. The summed E-state index contributed by atoms with van der Waals surface area (Å²) in [6.07, 6.45) is 4.65. The minimum atomic E-state index is -0.661. The second-order valence-electron chi connectivity index (χ2n) is 5.07. The van der Waals surface area contributed by atoms with E-state index in [-0.39, 0.29) is 11.3 Å². The summed E-state index contributed by atoms with van der Waals surface area (Å²) in [7, 11) is 0. The predicted octanol–water partition coefficient (Wildman–Crippen LogP) is 3.14. The molecular formula is C12H17NO2S. The molecule has 0 amide bonds. The maximum absolute atomic E-state index is 11.3. The maximum Gasteiger partial charge on any atom is 0.307 e. The molecule has 4 heteroatoms. The second-order valence-corrected chi connectivity index (χ2v) is 5.99. The quantitative estimate of drug-likeness (QED) is 0.862. The molecule has 1 saturated carbocycles. The summed E-state index contributed by atoms with van der Waals surface area (Å²) < 4.78 is 0. The van der Waals surface area contributed by atoms with Crippen LogP contribution in [0, 0.1) is 11.3 Å². The molecule has 1 aliphatic rings. The van der Waals surface area contributed by atoms with Crippen LogP contribution >= 0.6 is 11.3 Å². The van der Waals surface area contributed by atoms with E-state index >= 15 is 0 Å². The summed E-state index contributed by atoms with van der Waals surface area (Å²) in [5.41, 5.74) is -0.193. The van der Waals surface area contributed by atoms with Gasteiger partial charge in [-0.05, 0) is 18.3 Å². The summed E-state index contributed by atoms with van der Waals surface area (Å²) in [6, 6.07) is 0. The van der Waals surface area contributed by atoms with Crippen molar-refractivity contribution in [3.8, 4) is 0 Å². The fourth-order valence-electron chi connectivity index (χ4n) is 2.80. The van der Waals surface area contributed by atoms with E-state index < -0.39 is 5.97 Å². The Morgan fingerprint density at radius 3 is 2.88 bits per heavy atom. The van der Waals surface area contributed by atoms with Crippen LogP contribution in [0.3, 0.4) is 0 Å². The molecule has 2 unspecified atom stereocenters. The van der Waals surface area contributed by atoms with E-state index in [0.29, 0.717) is 5.92 Å². The summed E-state index contributed by atoms with van der Waals surface area (Å²) in [5, 5.41) is 12.3. The highest BCUT2D eigenvalue weighted by molar-refractivity contribution is 7.09. The third-order valence-corrected chi connectivity index (χ3v) is 4.72. The van der Waals surface area contributed by atoms with Gasteiger partial charge in [0.15, 0.2) is 0 Å². The lowest BCUT2D eigenvalue weighted by molar-refractivity contribution is -0.148. The van der Waals surface area contributed by atoms with E-state index in [1.165, 1.54) is 0 Å². The van der Waals surface area contributed by atoms with Crippen LogP contribution in [-0.2, 0) is 4.79 Å². The van der Waals surface area contributed by atoms with Crippen LogP contribution in [0.15, 0.2) is 11.6 Å². The van der Waals surface area contributed by atoms with Gasteiger partial charge in [0.2, 0.25) is 0 Å². The molecule has 88 valence electrons. The smallest absolute Gasteiger partial charge is 0.307 e. The Balaban J connectivity index is 2.29. The molecular weight excluding hydrogens is 222 g/mol. The number of carboxylic acids is 1. The van der Waals surface area contributed by atoms with Gasteiger partial charge >= 0.3 is 5.97 Å². The van der Waals surface area contributed by atoms with Crippen LogP contribution in [-0.4, -0.2) is 16.1 Å². The van der Waals surface area contributed by atoms with Crippen LogP contribution in [0.2, 0.25) is 0 Å². The molecule has 0 bridgehead atoms. The number of thiazole rings is 1. The lowest BCUT2D eigenvalue weighted by atomic mass is 9.62. The first-order valence-electron chi connectivity index (χ1n) is 5.65. The molecule has 16 heavy (non-hydrogen) atoms. The van der Waals surface area contributed by atoms with Crippen molar-refractivity contribution in [1.82, 2.24) is 4.98 Å². The zero-order valence-electron chi connectivity index (χ0n) is 9.64. The van der Waals surface area contributed by atoms with Crippen LogP contribution in [0.5, 0.6) is 0 Å². The first kappa shape index (κ1) is 11.6. The van der Waals surface area contributed by atoms with Crippen molar-refractivity contribution < 1.29 is 9.90 Å². The van der Waals surface area contributed by atoms with Crippen molar-refractivity contribution in [2.75, 3.05) is 0 Å².